The molecule has 2 rings (SSSR count). The third-order valence-electron chi connectivity index (χ3n) is 3.03. The number of ketones is 1. The molecule has 20 heavy (non-hydrogen) atoms. The number of carboxylic acid groups (broad SMARTS) is 1. The first-order chi connectivity index (χ1) is 9.63. The molecule has 0 spiro atoms. The maximum atomic E-state index is 11.6. The fourth-order valence-corrected chi connectivity index (χ4v) is 2.10. The van der Waals surface area contributed by atoms with Crippen LogP contribution in [-0.4, -0.2) is 43.3 Å². The first-order valence-corrected chi connectivity index (χ1v) is 6.32. The van der Waals surface area contributed by atoms with Gasteiger partial charge in [0.2, 0.25) is 0 Å². The van der Waals surface area contributed by atoms with E-state index in [0.29, 0.717) is 19.0 Å². The largest absolute Gasteiger partial charge is 0.492 e. The van der Waals surface area contributed by atoms with Crippen molar-refractivity contribution in [2.45, 2.75) is 18.9 Å². The Morgan fingerprint density at radius 2 is 2.20 bits per heavy atom. The summed E-state index contributed by atoms with van der Waals surface area (Å²) in [5, 5.41) is 8.80. The third kappa shape index (κ3) is 3.08. The fourth-order valence-electron chi connectivity index (χ4n) is 2.10. The zero-order chi connectivity index (χ0) is 14.5. The lowest BCUT2D eigenvalue weighted by atomic mass is 10.1. The second-order valence-electron chi connectivity index (χ2n) is 4.43. The Kier molecular flexibility index (Phi) is 4.57. The summed E-state index contributed by atoms with van der Waals surface area (Å²) in [6.07, 6.45) is 1.63. The first kappa shape index (κ1) is 14.3. The van der Waals surface area contributed by atoms with Gasteiger partial charge >= 0.3 is 5.97 Å². The van der Waals surface area contributed by atoms with Gasteiger partial charge in [-0.05, 0) is 25.0 Å². The normalized spacial score (nSPS) is 18.4. The molecule has 1 aliphatic heterocycles. The van der Waals surface area contributed by atoms with Gasteiger partial charge in [-0.1, -0.05) is 6.07 Å². The van der Waals surface area contributed by atoms with E-state index in [0.717, 1.165) is 12.8 Å². The molecule has 1 aliphatic rings. The minimum atomic E-state index is -1.53. The van der Waals surface area contributed by atoms with Gasteiger partial charge in [0.25, 0.3) is 5.78 Å². The lowest BCUT2D eigenvalue weighted by Crippen LogP contribution is -2.28. The first-order valence-electron chi connectivity index (χ1n) is 6.32. The highest BCUT2D eigenvalue weighted by Crippen LogP contribution is 2.33. The highest BCUT2D eigenvalue weighted by atomic mass is 16.5. The molecule has 6 heteroatoms. The van der Waals surface area contributed by atoms with E-state index in [1.165, 1.54) is 13.2 Å². The Balaban J connectivity index is 2.26. The van der Waals surface area contributed by atoms with E-state index in [9.17, 15) is 9.59 Å². The van der Waals surface area contributed by atoms with Gasteiger partial charge in [0, 0.05) is 6.61 Å². The minimum absolute atomic E-state index is 0.0192. The van der Waals surface area contributed by atoms with Crippen LogP contribution in [0.3, 0.4) is 0 Å². The Labute approximate surface area is 116 Å². The van der Waals surface area contributed by atoms with Crippen molar-refractivity contribution in [1.82, 2.24) is 0 Å². The molecule has 0 aromatic heterocycles. The Morgan fingerprint density at radius 3 is 2.80 bits per heavy atom. The van der Waals surface area contributed by atoms with E-state index >= 15 is 0 Å². The van der Waals surface area contributed by atoms with E-state index < -0.39 is 11.8 Å². The Hall–Kier alpha value is -2.08. The molecule has 1 aromatic carbocycles. The number of carboxylic acids is 1. The van der Waals surface area contributed by atoms with Crippen molar-refractivity contribution in [1.29, 1.82) is 0 Å². The van der Waals surface area contributed by atoms with Crippen LogP contribution in [0.1, 0.15) is 23.2 Å². The van der Waals surface area contributed by atoms with E-state index in [2.05, 4.69) is 0 Å². The zero-order valence-corrected chi connectivity index (χ0v) is 11.1. The van der Waals surface area contributed by atoms with Crippen molar-refractivity contribution in [3.05, 3.63) is 23.8 Å². The molecule has 0 aliphatic carbocycles. The van der Waals surface area contributed by atoms with Crippen LogP contribution in [0.2, 0.25) is 0 Å². The van der Waals surface area contributed by atoms with Crippen LogP contribution >= 0.6 is 0 Å². The topological polar surface area (TPSA) is 82.1 Å². The molecule has 1 aromatic rings. The van der Waals surface area contributed by atoms with Gasteiger partial charge in [-0.25, -0.2) is 4.79 Å². The molecule has 1 heterocycles. The van der Waals surface area contributed by atoms with Crippen LogP contribution in [-0.2, 0) is 9.53 Å². The number of para-hydroxylation sites is 1. The summed E-state index contributed by atoms with van der Waals surface area (Å²) in [5.74, 6) is -2.05. The molecule has 1 fully saturated rings. The molecule has 1 N–H and O–H groups in total. The minimum Gasteiger partial charge on any atom is -0.492 e. The van der Waals surface area contributed by atoms with Gasteiger partial charge < -0.3 is 19.3 Å². The number of benzene rings is 1. The zero-order valence-electron chi connectivity index (χ0n) is 11.1. The number of rotatable bonds is 5. The van der Waals surface area contributed by atoms with Gasteiger partial charge in [-0.15, -0.1) is 0 Å². The van der Waals surface area contributed by atoms with Gasteiger partial charge in [0.1, 0.15) is 6.10 Å². The molecule has 1 saturated heterocycles. The summed E-state index contributed by atoms with van der Waals surface area (Å²) in [6.45, 7) is 1.19. The lowest BCUT2D eigenvalue weighted by molar-refractivity contribution is -0.131. The number of methoxy groups -OCH3 is 1. The summed E-state index contributed by atoms with van der Waals surface area (Å²) in [5.41, 5.74) is -0.0192. The molecule has 1 atom stereocenters. The number of hydrogen-bond acceptors (Lipinski definition) is 5. The molecule has 108 valence electrons. The molecule has 0 saturated carbocycles. The second-order valence-corrected chi connectivity index (χ2v) is 4.43. The van der Waals surface area contributed by atoms with E-state index in [-0.39, 0.29) is 17.4 Å². The lowest BCUT2D eigenvalue weighted by Gasteiger charge is -2.24. The third-order valence-corrected chi connectivity index (χ3v) is 3.03. The highest BCUT2D eigenvalue weighted by Gasteiger charge is 2.24. The summed E-state index contributed by atoms with van der Waals surface area (Å²) >= 11 is 0. The second kappa shape index (κ2) is 6.38. The van der Waals surface area contributed by atoms with Crippen molar-refractivity contribution >= 4 is 11.8 Å². The molecule has 0 radical (unpaired) electrons. The summed E-state index contributed by atoms with van der Waals surface area (Å²) in [4.78, 5) is 22.4. The van der Waals surface area contributed by atoms with Crippen LogP contribution in [0.25, 0.3) is 0 Å². The van der Waals surface area contributed by atoms with Gasteiger partial charge in [0.15, 0.2) is 11.5 Å². The predicted octanol–water partition coefficient (Wildman–Crippen LogP) is 1.52. The van der Waals surface area contributed by atoms with Crippen LogP contribution in [0.15, 0.2) is 18.2 Å². The monoisotopic (exact) mass is 280 g/mol. The van der Waals surface area contributed by atoms with Crippen molar-refractivity contribution < 1.29 is 28.9 Å². The van der Waals surface area contributed by atoms with Crippen molar-refractivity contribution in [3.63, 3.8) is 0 Å². The van der Waals surface area contributed by atoms with Gasteiger partial charge in [0.05, 0.1) is 19.3 Å². The number of aliphatic carboxylic acids is 1. The average Bonchev–Trinajstić information content (AvgIpc) is 2.47. The van der Waals surface area contributed by atoms with Crippen molar-refractivity contribution in [2.75, 3.05) is 20.3 Å². The standard InChI is InChI=1S/C14H16O6/c1-18-13-10(12(15)14(16)17)5-2-6-11(13)20-9-4-3-7-19-8-9/h2,5-6,9H,3-4,7-8H2,1H3,(H,16,17). The maximum Gasteiger partial charge on any atom is 0.377 e. The number of Topliss-reactive ketones (excluding diaryl/α,β-unsaturated/α-hetero) is 1. The summed E-state index contributed by atoms with van der Waals surface area (Å²) in [7, 11) is 1.37. The number of ether oxygens (including phenoxy) is 3. The molecule has 0 bridgehead atoms. The van der Waals surface area contributed by atoms with Crippen LogP contribution in [0.5, 0.6) is 11.5 Å². The number of carbonyl (C=O) groups is 2. The SMILES string of the molecule is COc1c(OC2CCCOC2)cccc1C(=O)C(=O)O. The Morgan fingerprint density at radius 1 is 1.40 bits per heavy atom. The van der Waals surface area contributed by atoms with Crippen molar-refractivity contribution in [2.24, 2.45) is 0 Å². The summed E-state index contributed by atoms with van der Waals surface area (Å²) < 4.78 is 16.2. The van der Waals surface area contributed by atoms with E-state index in [1.54, 1.807) is 12.1 Å². The quantitative estimate of drug-likeness (QED) is 0.650. The Bertz CT molecular complexity index is 504. The summed E-state index contributed by atoms with van der Waals surface area (Å²) in [6, 6.07) is 4.61. The van der Waals surface area contributed by atoms with E-state index in [1.807, 2.05) is 0 Å². The van der Waals surface area contributed by atoms with Gasteiger partial charge in [-0.3, -0.25) is 4.79 Å². The number of hydrogen-bond donors (Lipinski definition) is 1. The predicted molar refractivity (Wildman–Crippen MR) is 69.4 cm³/mol. The van der Waals surface area contributed by atoms with Crippen LogP contribution < -0.4 is 9.47 Å². The fraction of sp³-hybridized carbons (Fsp3) is 0.429. The molecular formula is C14H16O6. The van der Waals surface area contributed by atoms with Gasteiger partial charge in [-0.2, -0.15) is 0 Å². The maximum absolute atomic E-state index is 11.6. The van der Waals surface area contributed by atoms with Crippen molar-refractivity contribution in [3.8, 4) is 11.5 Å². The van der Waals surface area contributed by atoms with Crippen LogP contribution in [0, 0.1) is 0 Å². The molecule has 0 amide bonds. The number of carbonyl (C=O) groups excluding carboxylic acids is 1. The molecule has 1 unspecified atom stereocenters. The van der Waals surface area contributed by atoms with Crippen LogP contribution in [0.4, 0.5) is 0 Å². The molecule has 6 nitrogen and oxygen atoms in total. The molecular weight excluding hydrogens is 264 g/mol. The smallest absolute Gasteiger partial charge is 0.377 e. The average molecular weight is 280 g/mol. The highest BCUT2D eigenvalue weighted by molar-refractivity contribution is 6.40. The van der Waals surface area contributed by atoms with E-state index in [4.69, 9.17) is 19.3 Å².